The molecule has 8 rings (SSSR count). The largest absolute Gasteiger partial charge is 0.494 e. The molecule has 1 aliphatic heterocycles. The lowest BCUT2D eigenvalue weighted by Crippen LogP contribution is -2.41. The van der Waals surface area contributed by atoms with E-state index in [0.717, 1.165) is 59.5 Å². The third kappa shape index (κ3) is 3.51. The van der Waals surface area contributed by atoms with Gasteiger partial charge in [-0.15, -0.1) is 0 Å². The molecule has 4 heterocycles. The summed E-state index contributed by atoms with van der Waals surface area (Å²) in [6.07, 6.45) is 12.1. The predicted molar refractivity (Wildman–Crippen MR) is 155 cm³/mol. The number of methoxy groups -OCH3 is 1. The number of aromatic nitrogens is 4. The van der Waals surface area contributed by atoms with Crippen LogP contribution in [0.5, 0.6) is 5.75 Å². The average molecular weight is 539 g/mol. The Bertz CT molecular complexity index is 1640. The van der Waals surface area contributed by atoms with Gasteiger partial charge in [0.05, 0.1) is 18.3 Å². The number of hydrogen-bond acceptors (Lipinski definition) is 5. The van der Waals surface area contributed by atoms with Crippen molar-refractivity contribution in [1.82, 2.24) is 24.0 Å². The maximum Gasteiger partial charge on any atom is 0.254 e. The van der Waals surface area contributed by atoms with Gasteiger partial charge in [-0.1, -0.05) is 12.8 Å². The Morgan fingerprint density at radius 1 is 1.18 bits per heavy atom. The minimum atomic E-state index is 0.0370. The summed E-state index contributed by atoms with van der Waals surface area (Å²) in [5, 5.41) is 1.09. The second-order valence-corrected chi connectivity index (χ2v) is 13.0. The van der Waals surface area contributed by atoms with Gasteiger partial charge >= 0.3 is 0 Å². The first kappa shape index (κ1) is 24.4. The first-order valence-electron chi connectivity index (χ1n) is 15.0. The van der Waals surface area contributed by atoms with E-state index in [-0.39, 0.29) is 18.0 Å². The molecule has 0 radical (unpaired) electrons. The molecular weight excluding hydrogens is 500 g/mol. The zero-order valence-electron chi connectivity index (χ0n) is 23.5. The lowest BCUT2D eigenvalue weighted by Gasteiger charge is -2.46. The maximum absolute atomic E-state index is 13.8. The molecule has 2 bridgehead atoms. The van der Waals surface area contributed by atoms with Gasteiger partial charge in [0, 0.05) is 49.4 Å². The van der Waals surface area contributed by atoms with E-state index in [1.807, 2.05) is 29.3 Å². The molecule has 8 nitrogen and oxygen atoms in total. The summed E-state index contributed by atoms with van der Waals surface area (Å²) in [5.41, 5.74) is 11.4. The number of carbonyl (C=O) groups is 1. The highest BCUT2D eigenvalue weighted by Crippen LogP contribution is 2.57. The van der Waals surface area contributed by atoms with Crippen molar-refractivity contribution < 1.29 is 9.53 Å². The standard InChI is InChI=1S/C32H38N6O2/c1-36-25(13-20-6-5-11-34-29(20)36)30-35-23-12-22(31(39)37-18-21-7-8-24(37)27(21)33)14-26(40-2)28(23)38(30)17-19-15-32(16-19)9-3-4-10-32/h5-6,11-14,19,21,24,27H,3-4,7-10,15-18,33H2,1-2H3/t21-,24-,27-/m1/s1. The van der Waals surface area contributed by atoms with Crippen LogP contribution in [0.3, 0.4) is 0 Å². The summed E-state index contributed by atoms with van der Waals surface area (Å²) < 4.78 is 10.5. The van der Waals surface area contributed by atoms with Crippen LogP contribution in [0.1, 0.15) is 61.7 Å². The number of aryl methyl sites for hydroxylation is 1. The van der Waals surface area contributed by atoms with Crippen LogP contribution in [-0.4, -0.2) is 55.6 Å². The highest BCUT2D eigenvalue weighted by atomic mass is 16.5. The number of amides is 1. The van der Waals surface area contributed by atoms with Gasteiger partial charge in [-0.3, -0.25) is 4.79 Å². The minimum absolute atomic E-state index is 0.0370. The van der Waals surface area contributed by atoms with Crippen molar-refractivity contribution in [3.05, 3.63) is 42.1 Å². The quantitative estimate of drug-likeness (QED) is 0.380. The Morgan fingerprint density at radius 2 is 2.00 bits per heavy atom. The van der Waals surface area contributed by atoms with Crippen LogP contribution in [0.4, 0.5) is 0 Å². The Morgan fingerprint density at radius 3 is 2.70 bits per heavy atom. The second-order valence-electron chi connectivity index (χ2n) is 13.0. The van der Waals surface area contributed by atoms with Crippen molar-refractivity contribution in [3.63, 3.8) is 0 Å². The lowest BCUT2D eigenvalue weighted by atomic mass is 9.61. The summed E-state index contributed by atoms with van der Waals surface area (Å²) in [4.78, 5) is 25.6. The topological polar surface area (TPSA) is 91.2 Å². The van der Waals surface area contributed by atoms with E-state index >= 15 is 0 Å². The molecule has 8 heteroatoms. The number of nitrogens with zero attached hydrogens (tertiary/aromatic N) is 5. The van der Waals surface area contributed by atoms with Crippen LogP contribution in [0.25, 0.3) is 33.6 Å². The number of hydrogen-bond donors (Lipinski definition) is 1. The highest BCUT2D eigenvalue weighted by molar-refractivity contribution is 6.00. The summed E-state index contributed by atoms with van der Waals surface area (Å²) in [5.74, 6) is 2.69. The lowest BCUT2D eigenvalue weighted by molar-refractivity contribution is 0.0517. The van der Waals surface area contributed by atoms with E-state index in [4.69, 9.17) is 15.5 Å². The van der Waals surface area contributed by atoms with Crippen molar-refractivity contribution in [2.24, 2.45) is 30.0 Å². The Hall–Kier alpha value is -3.39. The molecule has 3 aromatic heterocycles. The molecule has 2 N–H and O–H groups in total. The molecule has 3 saturated carbocycles. The fourth-order valence-corrected chi connectivity index (χ4v) is 8.79. The highest BCUT2D eigenvalue weighted by Gasteiger charge is 2.47. The molecule has 1 spiro atoms. The first-order valence-corrected chi connectivity index (χ1v) is 15.0. The molecule has 1 aromatic carbocycles. The SMILES string of the molecule is COc1cc(C(=O)N2C[C@H]3CC[C@@H]2[C@@H]3N)cc2nc(-c3cc4cccnc4n3C)n(CC3CC4(CCCC4)C3)c12. The second kappa shape index (κ2) is 8.80. The number of fused-ring (bicyclic) bond motifs is 4. The Kier molecular flexibility index (Phi) is 5.37. The molecule has 208 valence electrons. The van der Waals surface area contributed by atoms with Crippen molar-refractivity contribution in [2.45, 2.75) is 70.0 Å². The van der Waals surface area contributed by atoms with Gasteiger partial charge in [0.2, 0.25) is 0 Å². The number of benzene rings is 1. The third-order valence-electron chi connectivity index (χ3n) is 10.8. The van der Waals surface area contributed by atoms with Crippen LogP contribution in [0.2, 0.25) is 0 Å². The fraction of sp³-hybridized carbons (Fsp3) is 0.531. The van der Waals surface area contributed by atoms with E-state index in [9.17, 15) is 4.79 Å². The Labute approximate surface area is 234 Å². The number of imidazole rings is 1. The molecule has 3 aliphatic carbocycles. The summed E-state index contributed by atoms with van der Waals surface area (Å²) >= 11 is 0. The van der Waals surface area contributed by atoms with Crippen molar-refractivity contribution in [1.29, 1.82) is 0 Å². The number of nitrogens with two attached hydrogens (primary N) is 1. The van der Waals surface area contributed by atoms with Gasteiger partial charge in [-0.05, 0) is 86.1 Å². The zero-order chi connectivity index (χ0) is 27.2. The smallest absolute Gasteiger partial charge is 0.254 e. The summed E-state index contributed by atoms with van der Waals surface area (Å²) in [7, 11) is 3.76. The molecule has 4 aromatic rings. The van der Waals surface area contributed by atoms with E-state index < -0.39 is 0 Å². The summed E-state index contributed by atoms with van der Waals surface area (Å²) in [6.45, 7) is 1.65. The summed E-state index contributed by atoms with van der Waals surface area (Å²) in [6, 6.07) is 10.4. The number of pyridine rings is 1. The number of rotatable bonds is 5. The monoisotopic (exact) mass is 538 g/mol. The van der Waals surface area contributed by atoms with Crippen LogP contribution < -0.4 is 10.5 Å². The third-order valence-corrected chi connectivity index (χ3v) is 10.8. The number of piperidine rings is 1. The van der Waals surface area contributed by atoms with Gasteiger partial charge in [0.25, 0.3) is 5.91 Å². The van der Waals surface area contributed by atoms with Crippen LogP contribution in [0, 0.1) is 17.3 Å². The molecule has 1 saturated heterocycles. The van der Waals surface area contributed by atoms with E-state index in [1.54, 1.807) is 7.11 Å². The van der Waals surface area contributed by atoms with E-state index in [1.165, 1.54) is 38.5 Å². The van der Waals surface area contributed by atoms with Gasteiger partial charge in [-0.25, -0.2) is 9.97 Å². The number of carbonyl (C=O) groups excluding carboxylic acids is 1. The van der Waals surface area contributed by atoms with E-state index in [2.05, 4.69) is 33.3 Å². The number of ether oxygens (including phenoxy) is 1. The molecule has 3 atom stereocenters. The molecule has 4 aliphatic rings. The molecular formula is C32H38N6O2. The van der Waals surface area contributed by atoms with E-state index in [0.29, 0.717) is 28.6 Å². The van der Waals surface area contributed by atoms with Gasteiger partial charge in [-0.2, -0.15) is 0 Å². The minimum Gasteiger partial charge on any atom is -0.494 e. The molecule has 40 heavy (non-hydrogen) atoms. The fourth-order valence-electron chi connectivity index (χ4n) is 8.79. The van der Waals surface area contributed by atoms with Crippen LogP contribution >= 0.6 is 0 Å². The van der Waals surface area contributed by atoms with Crippen LogP contribution in [-0.2, 0) is 13.6 Å². The molecule has 1 amide bonds. The zero-order valence-corrected chi connectivity index (χ0v) is 23.5. The number of likely N-dealkylation sites (tertiary alicyclic amines) is 1. The molecule has 4 fully saturated rings. The Balaban J connectivity index is 1.24. The van der Waals surface area contributed by atoms with Gasteiger partial charge in [0.1, 0.15) is 16.9 Å². The molecule has 0 unspecified atom stereocenters. The van der Waals surface area contributed by atoms with Crippen molar-refractivity contribution in [3.8, 4) is 17.3 Å². The van der Waals surface area contributed by atoms with Crippen molar-refractivity contribution in [2.75, 3.05) is 13.7 Å². The normalized spacial score (nSPS) is 25.5. The van der Waals surface area contributed by atoms with Gasteiger partial charge in [0.15, 0.2) is 5.82 Å². The van der Waals surface area contributed by atoms with Crippen LogP contribution in [0.15, 0.2) is 36.5 Å². The first-order chi connectivity index (χ1) is 19.4. The van der Waals surface area contributed by atoms with Gasteiger partial charge < -0.3 is 24.5 Å². The van der Waals surface area contributed by atoms with Crippen molar-refractivity contribution >= 4 is 28.0 Å². The maximum atomic E-state index is 13.8. The predicted octanol–water partition coefficient (Wildman–Crippen LogP) is 5.13. The average Bonchev–Trinajstić information content (AvgIpc) is 3.77.